The van der Waals surface area contributed by atoms with Crippen LogP contribution in [0, 0.1) is 0 Å². The number of nitrogens with one attached hydrogen (secondary N) is 1. The molecule has 0 amide bonds. The SMILES string of the molecule is C[C@H](O)CNc1c(N2CCN(c3ccccc3)CC2)c(=O)c1=O. The summed E-state index contributed by atoms with van der Waals surface area (Å²) in [5, 5.41) is 12.2. The van der Waals surface area contributed by atoms with Crippen LogP contribution in [0.3, 0.4) is 0 Å². The zero-order valence-electron chi connectivity index (χ0n) is 13.2. The number of hydrogen-bond donors (Lipinski definition) is 2. The number of rotatable bonds is 5. The van der Waals surface area contributed by atoms with Crippen LogP contribution in [0.2, 0.25) is 0 Å². The fourth-order valence-corrected chi connectivity index (χ4v) is 2.92. The number of nitrogens with zero attached hydrogens (tertiary/aromatic N) is 2. The van der Waals surface area contributed by atoms with Crippen molar-refractivity contribution in [1.29, 1.82) is 0 Å². The number of aliphatic hydroxyl groups is 1. The maximum absolute atomic E-state index is 11.9. The van der Waals surface area contributed by atoms with Gasteiger partial charge in [-0.25, -0.2) is 0 Å². The fourth-order valence-electron chi connectivity index (χ4n) is 2.92. The van der Waals surface area contributed by atoms with Crippen molar-refractivity contribution in [2.75, 3.05) is 47.8 Å². The van der Waals surface area contributed by atoms with E-state index in [2.05, 4.69) is 22.3 Å². The summed E-state index contributed by atoms with van der Waals surface area (Å²) in [4.78, 5) is 27.9. The van der Waals surface area contributed by atoms with Crippen LogP contribution in [0.1, 0.15) is 6.92 Å². The summed E-state index contributed by atoms with van der Waals surface area (Å²) in [6.07, 6.45) is -0.567. The molecule has 1 aliphatic heterocycles. The maximum atomic E-state index is 11.9. The van der Waals surface area contributed by atoms with Gasteiger partial charge in [-0.1, -0.05) is 18.2 Å². The number of anilines is 3. The summed E-state index contributed by atoms with van der Waals surface area (Å²) in [7, 11) is 0. The lowest BCUT2D eigenvalue weighted by Gasteiger charge is -2.38. The molecule has 1 heterocycles. The smallest absolute Gasteiger partial charge is 0.253 e. The molecule has 0 aromatic heterocycles. The highest BCUT2D eigenvalue weighted by molar-refractivity contribution is 5.75. The van der Waals surface area contributed by atoms with Crippen molar-refractivity contribution in [3.8, 4) is 0 Å². The summed E-state index contributed by atoms with van der Waals surface area (Å²) < 4.78 is 0. The van der Waals surface area contributed by atoms with Crippen LogP contribution in [0.5, 0.6) is 0 Å². The van der Waals surface area contributed by atoms with Crippen LogP contribution < -0.4 is 26.0 Å². The van der Waals surface area contributed by atoms with E-state index < -0.39 is 17.0 Å². The molecule has 2 aromatic rings. The maximum Gasteiger partial charge on any atom is 0.253 e. The third-order valence-corrected chi connectivity index (χ3v) is 4.18. The Labute approximate surface area is 134 Å². The van der Waals surface area contributed by atoms with E-state index in [1.807, 2.05) is 23.1 Å². The Kier molecular flexibility index (Phi) is 4.34. The van der Waals surface area contributed by atoms with E-state index in [9.17, 15) is 14.7 Å². The van der Waals surface area contributed by atoms with Crippen molar-refractivity contribution < 1.29 is 5.11 Å². The summed E-state index contributed by atoms with van der Waals surface area (Å²) in [5.41, 5.74) is 1.09. The Balaban J connectivity index is 1.67. The van der Waals surface area contributed by atoms with Crippen LogP contribution >= 0.6 is 0 Å². The Morgan fingerprint density at radius 1 is 1.04 bits per heavy atom. The quantitative estimate of drug-likeness (QED) is 0.778. The molecular formula is C17H21N3O3. The van der Waals surface area contributed by atoms with Gasteiger partial charge in [-0.05, 0) is 19.1 Å². The first kappa shape index (κ1) is 15.6. The third-order valence-electron chi connectivity index (χ3n) is 4.18. The third kappa shape index (κ3) is 3.07. The lowest BCUT2D eigenvalue weighted by molar-refractivity contribution is 0.208. The minimum absolute atomic E-state index is 0.266. The van der Waals surface area contributed by atoms with Gasteiger partial charge >= 0.3 is 0 Å². The van der Waals surface area contributed by atoms with E-state index >= 15 is 0 Å². The molecule has 122 valence electrons. The standard InChI is InChI=1S/C17H21N3O3/c1-12(21)11-18-14-15(17(23)16(14)22)20-9-7-19(8-10-20)13-5-3-2-4-6-13/h2-6,12,18,21H,7-11H2,1H3/t12-/m0/s1. The predicted octanol–water partition coefficient (Wildman–Crippen LogP) is 0.402. The monoisotopic (exact) mass is 315 g/mol. The molecule has 0 saturated carbocycles. The van der Waals surface area contributed by atoms with E-state index in [0.717, 1.165) is 13.1 Å². The number of para-hydroxylation sites is 1. The van der Waals surface area contributed by atoms with Gasteiger partial charge in [0.05, 0.1) is 6.10 Å². The van der Waals surface area contributed by atoms with E-state index in [1.54, 1.807) is 6.92 Å². The topological polar surface area (TPSA) is 72.9 Å². The molecule has 2 N–H and O–H groups in total. The second kappa shape index (κ2) is 6.42. The minimum Gasteiger partial charge on any atom is -0.392 e. The van der Waals surface area contributed by atoms with E-state index in [0.29, 0.717) is 24.5 Å². The molecule has 1 atom stereocenters. The molecule has 2 aromatic carbocycles. The van der Waals surface area contributed by atoms with Gasteiger partial charge in [0.2, 0.25) is 0 Å². The molecule has 3 rings (SSSR count). The van der Waals surface area contributed by atoms with Crippen LogP contribution in [-0.2, 0) is 0 Å². The van der Waals surface area contributed by atoms with E-state index in [4.69, 9.17) is 0 Å². The second-order valence-electron chi connectivity index (χ2n) is 5.92. The highest BCUT2D eigenvalue weighted by Gasteiger charge is 2.28. The van der Waals surface area contributed by atoms with Gasteiger partial charge in [-0.3, -0.25) is 9.59 Å². The van der Waals surface area contributed by atoms with Gasteiger partial charge in [0.15, 0.2) is 0 Å². The minimum atomic E-state index is -0.567. The first-order valence-electron chi connectivity index (χ1n) is 7.88. The van der Waals surface area contributed by atoms with Crippen LogP contribution in [-0.4, -0.2) is 43.9 Å². The van der Waals surface area contributed by atoms with Crippen LogP contribution in [0.4, 0.5) is 17.1 Å². The van der Waals surface area contributed by atoms with Crippen molar-refractivity contribution in [3.05, 3.63) is 50.8 Å². The lowest BCUT2D eigenvalue weighted by atomic mass is 10.1. The molecule has 6 heteroatoms. The van der Waals surface area contributed by atoms with Gasteiger partial charge < -0.3 is 20.2 Å². The number of hydrogen-bond acceptors (Lipinski definition) is 6. The highest BCUT2D eigenvalue weighted by Crippen LogP contribution is 2.23. The fraction of sp³-hybridized carbons (Fsp3) is 0.412. The van der Waals surface area contributed by atoms with Crippen molar-refractivity contribution in [2.45, 2.75) is 13.0 Å². The number of benzene rings is 1. The molecule has 1 saturated heterocycles. The highest BCUT2D eigenvalue weighted by atomic mass is 16.3. The molecule has 0 unspecified atom stereocenters. The Morgan fingerprint density at radius 2 is 1.65 bits per heavy atom. The van der Waals surface area contributed by atoms with Crippen molar-refractivity contribution >= 4 is 17.1 Å². The Hall–Kier alpha value is -2.34. The normalized spacial score (nSPS) is 16.6. The van der Waals surface area contributed by atoms with Gasteiger partial charge in [0, 0.05) is 38.4 Å². The number of piperazine rings is 1. The Bertz CT molecular complexity index is 727. The summed E-state index contributed by atoms with van der Waals surface area (Å²) in [6, 6.07) is 10.2. The van der Waals surface area contributed by atoms with Crippen molar-refractivity contribution in [1.82, 2.24) is 0 Å². The van der Waals surface area contributed by atoms with Crippen LogP contribution in [0.25, 0.3) is 0 Å². The summed E-state index contributed by atoms with van der Waals surface area (Å²) >= 11 is 0. The molecule has 0 spiro atoms. The molecule has 0 aliphatic carbocycles. The molecule has 6 nitrogen and oxygen atoms in total. The molecule has 0 radical (unpaired) electrons. The average molecular weight is 315 g/mol. The van der Waals surface area contributed by atoms with Gasteiger partial charge in [0.25, 0.3) is 10.9 Å². The first-order chi connectivity index (χ1) is 11.1. The first-order valence-corrected chi connectivity index (χ1v) is 7.88. The van der Waals surface area contributed by atoms with Gasteiger partial charge in [-0.15, -0.1) is 0 Å². The Morgan fingerprint density at radius 3 is 2.26 bits per heavy atom. The van der Waals surface area contributed by atoms with E-state index in [-0.39, 0.29) is 6.54 Å². The number of aliphatic hydroxyl groups excluding tert-OH is 1. The van der Waals surface area contributed by atoms with E-state index in [1.165, 1.54) is 5.69 Å². The molecule has 1 aliphatic rings. The zero-order valence-corrected chi connectivity index (χ0v) is 13.2. The average Bonchev–Trinajstić information content (AvgIpc) is 2.58. The molecule has 0 bridgehead atoms. The lowest BCUT2D eigenvalue weighted by Crippen LogP contribution is -2.51. The van der Waals surface area contributed by atoms with Crippen molar-refractivity contribution in [2.24, 2.45) is 0 Å². The zero-order chi connectivity index (χ0) is 16.4. The summed E-state index contributed by atoms with van der Waals surface area (Å²) in [6.45, 7) is 4.90. The van der Waals surface area contributed by atoms with Crippen molar-refractivity contribution in [3.63, 3.8) is 0 Å². The van der Waals surface area contributed by atoms with Gasteiger partial charge in [-0.2, -0.15) is 0 Å². The predicted molar refractivity (Wildman–Crippen MR) is 92.4 cm³/mol. The van der Waals surface area contributed by atoms with Gasteiger partial charge in [0.1, 0.15) is 11.4 Å². The molecule has 1 fully saturated rings. The van der Waals surface area contributed by atoms with Crippen LogP contribution in [0.15, 0.2) is 39.9 Å². The second-order valence-corrected chi connectivity index (χ2v) is 5.92. The largest absolute Gasteiger partial charge is 0.392 e. The molecule has 23 heavy (non-hydrogen) atoms. The molecular weight excluding hydrogens is 294 g/mol. The summed E-state index contributed by atoms with van der Waals surface area (Å²) in [5.74, 6) is 0.